The maximum atomic E-state index is 14.9. The molecule has 4 heterocycles. The summed E-state index contributed by atoms with van der Waals surface area (Å²) in [6.45, 7) is 48.6. The number of hydrogen-bond donors (Lipinski definition) is 0. The third-order valence-electron chi connectivity index (χ3n) is 21.4. The number of thiophene rings is 4. The maximum absolute atomic E-state index is 14.9. The van der Waals surface area contributed by atoms with E-state index < -0.39 is 33.3 Å². The molecule has 0 unspecified atom stereocenters. The van der Waals surface area contributed by atoms with Crippen LogP contribution in [-0.4, -0.2) is 39.1 Å². The number of benzene rings is 6. The molecule has 6 aromatic carbocycles. The Morgan fingerprint density at radius 3 is 0.734 bits per heavy atom. The fourth-order valence-electron chi connectivity index (χ4n) is 11.0. The summed E-state index contributed by atoms with van der Waals surface area (Å²) in [5.41, 5.74) is 17.5. The number of fused-ring (bicyclic) bond motifs is 3. The van der Waals surface area contributed by atoms with Crippen molar-refractivity contribution in [1.29, 1.82) is 0 Å². The lowest BCUT2D eigenvalue weighted by molar-refractivity contribution is 0.104. The van der Waals surface area contributed by atoms with Gasteiger partial charge in [0, 0.05) is 50.1 Å². The van der Waals surface area contributed by atoms with Crippen LogP contribution in [0.1, 0.15) is 121 Å². The van der Waals surface area contributed by atoms with E-state index in [1.807, 2.05) is 22.7 Å². The highest BCUT2D eigenvalue weighted by Gasteiger charge is 2.42. The number of carbonyl (C=O) groups excluding carboxylic acids is 1. The fourth-order valence-corrected chi connectivity index (χ4v) is 19.0. The Balaban J connectivity index is 0.930. The maximum Gasteiger partial charge on any atom is 0.194 e. The van der Waals surface area contributed by atoms with E-state index in [-0.39, 0.29) is 25.9 Å². The number of rotatable bonds is 20. The Kier molecular flexibility index (Phi) is 19.6. The summed E-state index contributed by atoms with van der Waals surface area (Å²) in [5.74, 6) is 0.0642. The van der Waals surface area contributed by atoms with Crippen molar-refractivity contribution in [2.75, 3.05) is 0 Å². The van der Waals surface area contributed by atoms with E-state index in [2.05, 4.69) is 305 Å². The van der Waals surface area contributed by atoms with Gasteiger partial charge in [0.1, 0.15) is 0 Å². The molecule has 0 aliphatic heterocycles. The summed E-state index contributed by atoms with van der Waals surface area (Å²) >= 11 is 7.23. The van der Waals surface area contributed by atoms with Gasteiger partial charge >= 0.3 is 0 Å². The van der Waals surface area contributed by atoms with Crippen molar-refractivity contribution >= 4 is 84.4 Å². The predicted octanol–water partition coefficient (Wildman–Crippen LogP) is 26.6. The van der Waals surface area contributed by atoms with Crippen molar-refractivity contribution in [2.24, 2.45) is 0 Å². The molecule has 490 valence electrons. The zero-order valence-corrected chi connectivity index (χ0v) is 66.4. The van der Waals surface area contributed by atoms with Gasteiger partial charge in [-0.05, 0) is 211 Å². The third-order valence-corrected chi connectivity index (χ3v) is 44.0. The Hall–Kier alpha value is -5.50. The molecule has 13 heteroatoms. The van der Waals surface area contributed by atoms with Crippen molar-refractivity contribution in [2.45, 2.75) is 182 Å². The SMILES string of the molecule is CC(C)(C)[Si](C)(C)OCc1c(-c2ccc(-c3ccccc3)s2)ccc(-c2ccc(-c3ccc4c(c3)C(=O)c3cc(-c5ccc(-c6ccc(-c7ccc(-c8ccccc8)s7)c(CO[Si](C)(C)C(C)(C)C)c6CO[Si](C)(C)C(C)(C)C)s5)ccc3-4)s2)c1CO[Si](C)(C)C(C)(C)C. The fraction of sp³-hybridized carbons (Fsp3) is 0.346. The molecule has 0 saturated heterocycles. The first-order valence-electron chi connectivity index (χ1n) is 33.2. The highest BCUT2D eigenvalue weighted by molar-refractivity contribution is 7.20. The molecule has 0 N–H and O–H groups in total. The van der Waals surface area contributed by atoms with Crippen LogP contribution in [-0.2, 0) is 44.1 Å². The molecule has 0 spiro atoms. The van der Waals surface area contributed by atoms with Gasteiger partial charge in [-0.1, -0.05) is 192 Å². The monoisotopic (exact) mass is 1390 g/mol. The van der Waals surface area contributed by atoms with E-state index in [0.717, 1.165) is 52.9 Å². The Morgan fingerprint density at radius 1 is 0.266 bits per heavy atom. The largest absolute Gasteiger partial charge is 0.413 e. The third kappa shape index (κ3) is 14.3. The Morgan fingerprint density at radius 2 is 0.489 bits per heavy atom. The highest BCUT2D eigenvalue weighted by Crippen LogP contribution is 2.50. The first-order valence-corrected chi connectivity index (χ1v) is 48.1. The number of carbonyl (C=O) groups is 1. The van der Waals surface area contributed by atoms with Gasteiger partial charge in [-0.3, -0.25) is 4.79 Å². The average molecular weight is 1390 g/mol. The van der Waals surface area contributed by atoms with E-state index in [0.29, 0.717) is 26.4 Å². The van der Waals surface area contributed by atoms with Gasteiger partial charge in [-0.2, -0.15) is 0 Å². The first-order chi connectivity index (χ1) is 44.0. The molecule has 0 fully saturated rings. The summed E-state index contributed by atoms with van der Waals surface area (Å²) in [5, 5.41) is 0.133. The highest BCUT2D eigenvalue weighted by atomic mass is 32.1. The van der Waals surface area contributed by atoms with Crippen LogP contribution < -0.4 is 0 Å². The molecule has 0 radical (unpaired) electrons. The molecule has 11 rings (SSSR count). The van der Waals surface area contributed by atoms with Gasteiger partial charge < -0.3 is 17.7 Å². The second-order valence-electron chi connectivity index (χ2n) is 31.7. The molecule has 1 aliphatic carbocycles. The van der Waals surface area contributed by atoms with E-state index in [1.165, 1.54) is 75.1 Å². The molecular weight excluding hydrogens is 1290 g/mol. The van der Waals surface area contributed by atoms with Crippen LogP contribution in [0.5, 0.6) is 0 Å². The van der Waals surface area contributed by atoms with Gasteiger partial charge in [-0.25, -0.2) is 0 Å². The smallest absolute Gasteiger partial charge is 0.194 e. The van der Waals surface area contributed by atoms with E-state index in [1.54, 1.807) is 22.7 Å². The average Bonchev–Trinajstić information content (AvgIpc) is 1.51. The van der Waals surface area contributed by atoms with Gasteiger partial charge in [0.2, 0.25) is 0 Å². The summed E-state index contributed by atoms with van der Waals surface area (Å²) in [4.78, 5) is 24.4. The quantitative estimate of drug-likeness (QED) is 0.0712. The van der Waals surface area contributed by atoms with Gasteiger partial charge in [0.05, 0.1) is 26.4 Å². The molecule has 0 amide bonds. The van der Waals surface area contributed by atoms with Crippen molar-refractivity contribution in [3.05, 3.63) is 203 Å². The molecule has 4 aromatic heterocycles. The van der Waals surface area contributed by atoms with Crippen LogP contribution in [0.4, 0.5) is 0 Å². The zero-order valence-electron chi connectivity index (χ0n) is 59.2. The normalized spacial score (nSPS) is 13.5. The van der Waals surface area contributed by atoms with Gasteiger partial charge in [0.25, 0.3) is 0 Å². The van der Waals surface area contributed by atoms with E-state index >= 15 is 0 Å². The molecule has 94 heavy (non-hydrogen) atoms. The van der Waals surface area contributed by atoms with Crippen LogP contribution >= 0.6 is 45.3 Å². The molecule has 0 atom stereocenters. The predicted molar refractivity (Wildman–Crippen MR) is 418 cm³/mol. The molecular formula is C81H96O5S4Si4. The summed E-state index contributed by atoms with van der Waals surface area (Å²) in [6.07, 6.45) is 0. The minimum atomic E-state index is -2.20. The minimum Gasteiger partial charge on any atom is -0.413 e. The van der Waals surface area contributed by atoms with Gasteiger partial charge in [-0.15, -0.1) is 45.3 Å². The lowest BCUT2D eigenvalue weighted by Gasteiger charge is -2.38. The Bertz CT molecular complexity index is 4120. The van der Waals surface area contributed by atoms with Crippen LogP contribution in [0.2, 0.25) is 72.5 Å². The lowest BCUT2D eigenvalue weighted by Crippen LogP contribution is -2.41. The lowest BCUT2D eigenvalue weighted by atomic mass is 9.95. The van der Waals surface area contributed by atoms with Crippen LogP contribution in [0.25, 0.3) is 94.7 Å². The van der Waals surface area contributed by atoms with Gasteiger partial charge in [0.15, 0.2) is 39.1 Å². The van der Waals surface area contributed by atoms with E-state index in [4.69, 9.17) is 17.7 Å². The molecule has 1 aliphatic rings. The van der Waals surface area contributed by atoms with Crippen molar-refractivity contribution in [1.82, 2.24) is 0 Å². The molecule has 10 aromatic rings. The van der Waals surface area contributed by atoms with Crippen LogP contribution in [0.3, 0.4) is 0 Å². The number of hydrogen-bond acceptors (Lipinski definition) is 9. The first kappa shape index (κ1) is 69.8. The van der Waals surface area contributed by atoms with Crippen molar-refractivity contribution in [3.63, 3.8) is 0 Å². The summed E-state index contributed by atoms with van der Waals surface area (Å²) in [7, 11) is -8.76. The topological polar surface area (TPSA) is 54.0 Å². The van der Waals surface area contributed by atoms with E-state index in [9.17, 15) is 4.79 Å². The second kappa shape index (κ2) is 26.4. The van der Waals surface area contributed by atoms with Crippen LogP contribution in [0, 0.1) is 0 Å². The Labute approximate surface area is 582 Å². The molecule has 5 nitrogen and oxygen atoms in total. The molecule has 0 bridgehead atoms. The minimum absolute atomic E-state index is 0.0287. The zero-order chi connectivity index (χ0) is 67.7. The standard InChI is InChI=1S/C81H96O5S4Si4/c1-78(2,3)91(13,14)83-49-65-59(73-43-39-69(87-73)53-27-23-21-24-28-53)35-37-61(67(65)51-85-93(17,18)80(7,8)9)75-45-41-71(89-75)55-31-33-57-58-34-32-56(48-64(58)77(82)63(57)47-55)72-42-46-76(90-72)62-38-36-60(74-44-40-70(88-74)54-29-25-22-26-30-54)66(50-84-92(15,16)79(4,5)6)68(62)52-86-94(19,20)81(10,11)12/h21-48H,49-52H2,1-20H3. The van der Waals surface area contributed by atoms with Crippen LogP contribution in [0.15, 0.2) is 170 Å². The van der Waals surface area contributed by atoms with Crippen molar-refractivity contribution in [3.8, 4) is 94.7 Å². The second-order valence-corrected chi connectivity index (χ2v) is 55.2. The molecule has 0 saturated carbocycles. The number of ketones is 1. The van der Waals surface area contributed by atoms with Crippen molar-refractivity contribution < 1.29 is 22.5 Å². The summed E-state index contributed by atoms with van der Waals surface area (Å²) < 4.78 is 28.9. The summed E-state index contributed by atoms with van der Waals surface area (Å²) in [6, 6.07) is 61.7.